The minimum Gasteiger partial charge on any atom is -0.336 e. The standard InChI is InChI=1S/C27H25F7N2O/c1-16(2)35-24(37)36-25(15-18-7-5-4-6-8-18,19-10-9-17(3)23(14-19)27(32,33)34)20-11-21(26(29,30)31)13-22(28)12-20/h4-14,16H,15H2,1-3H3,(H2,35,36,37)/t25-/m1/s1. The molecular weight excluding hydrogens is 501 g/mol. The fourth-order valence-electron chi connectivity index (χ4n) is 4.15. The summed E-state index contributed by atoms with van der Waals surface area (Å²) in [4.78, 5) is 13.0. The average Bonchev–Trinajstić information content (AvgIpc) is 2.77. The Kier molecular flexibility index (Phi) is 7.90. The highest BCUT2D eigenvalue weighted by Gasteiger charge is 2.42. The highest BCUT2D eigenvalue weighted by molar-refractivity contribution is 5.76. The van der Waals surface area contributed by atoms with E-state index in [9.17, 15) is 35.5 Å². The van der Waals surface area contributed by atoms with Crippen molar-refractivity contribution in [1.29, 1.82) is 0 Å². The number of carbonyl (C=O) groups excluding carboxylic acids is 1. The SMILES string of the molecule is Cc1ccc([C@@](Cc2ccccc2)(NC(=O)NC(C)C)c2cc(F)cc(C(F)(F)F)c2)cc1C(F)(F)F. The van der Waals surface area contributed by atoms with Crippen LogP contribution >= 0.6 is 0 Å². The second-order valence-corrected chi connectivity index (χ2v) is 9.07. The highest BCUT2D eigenvalue weighted by Crippen LogP contribution is 2.41. The van der Waals surface area contributed by atoms with Gasteiger partial charge in [0.05, 0.1) is 16.7 Å². The van der Waals surface area contributed by atoms with E-state index >= 15 is 0 Å². The van der Waals surface area contributed by atoms with Gasteiger partial charge in [-0.05, 0) is 67.3 Å². The van der Waals surface area contributed by atoms with Gasteiger partial charge in [-0.15, -0.1) is 0 Å². The van der Waals surface area contributed by atoms with Crippen LogP contribution in [0.3, 0.4) is 0 Å². The molecule has 3 aromatic carbocycles. The fraction of sp³-hybridized carbons (Fsp3) is 0.296. The predicted octanol–water partition coefficient (Wildman–Crippen LogP) is 7.37. The summed E-state index contributed by atoms with van der Waals surface area (Å²) in [7, 11) is 0. The minimum atomic E-state index is -4.94. The van der Waals surface area contributed by atoms with Gasteiger partial charge in [0.2, 0.25) is 0 Å². The molecule has 3 rings (SSSR count). The van der Waals surface area contributed by atoms with Crippen molar-refractivity contribution < 1.29 is 35.5 Å². The normalized spacial score (nSPS) is 13.8. The lowest BCUT2D eigenvalue weighted by molar-refractivity contribution is -0.138. The maximum absolute atomic E-state index is 14.6. The van der Waals surface area contributed by atoms with Crippen LogP contribution in [0.2, 0.25) is 0 Å². The summed E-state index contributed by atoms with van der Waals surface area (Å²) in [5.41, 5.74) is -4.52. The number of hydrogen-bond acceptors (Lipinski definition) is 1. The van der Waals surface area contributed by atoms with E-state index in [1.54, 1.807) is 44.2 Å². The summed E-state index contributed by atoms with van der Waals surface area (Å²) in [5.74, 6) is -1.25. The van der Waals surface area contributed by atoms with Gasteiger partial charge in [-0.3, -0.25) is 0 Å². The monoisotopic (exact) mass is 526 g/mol. The molecule has 0 heterocycles. The Morgan fingerprint density at radius 1 is 0.811 bits per heavy atom. The van der Waals surface area contributed by atoms with E-state index in [0.29, 0.717) is 17.7 Å². The Hall–Kier alpha value is -3.56. The summed E-state index contributed by atoms with van der Waals surface area (Å²) in [6.45, 7) is 4.51. The number of aryl methyl sites for hydroxylation is 1. The largest absolute Gasteiger partial charge is 0.416 e. The summed E-state index contributed by atoms with van der Waals surface area (Å²) < 4.78 is 97.2. The van der Waals surface area contributed by atoms with Crippen molar-refractivity contribution in [3.63, 3.8) is 0 Å². The topological polar surface area (TPSA) is 41.1 Å². The molecule has 37 heavy (non-hydrogen) atoms. The molecule has 3 nitrogen and oxygen atoms in total. The van der Waals surface area contributed by atoms with Crippen LogP contribution < -0.4 is 10.6 Å². The van der Waals surface area contributed by atoms with Crippen molar-refractivity contribution >= 4 is 6.03 Å². The number of alkyl halides is 6. The van der Waals surface area contributed by atoms with E-state index in [1.807, 2.05) is 0 Å². The maximum atomic E-state index is 14.6. The molecule has 0 saturated carbocycles. The van der Waals surface area contributed by atoms with Crippen LogP contribution in [0.1, 0.15) is 47.2 Å². The van der Waals surface area contributed by atoms with Crippen LogP contribution in [0.15, 0.2) is 66.7 Å². The van der Waals surface area contributed by atoms with Crippen molar-refractivity contribution in [2.75, 3.05) is 0 Å². The Bertz CT molecular complexity index is 1250. The minimum absolute atomic E-state index is 0.119. The Morgan fingerprint density at radius 3 is 2.00 bits per heavy atom. The molecular formula is C27H25F7N2O. The number of amides is 2. The first kappa shape index (κ1) is 28.0. The molecule has 1 atom stereocenters. The first-order valence-electron chi connectivity index (χ1n) is 11.3. The van der Waals surface area contributed by atoms with Gasteiger partial charge in [-0.2, -0.15) is 26.3 Å². The van der Waals surface area contributed by atoms with Gasteiger partial charge in [-0.25, -0.2) is 9.18 Å². The number of rotatable bonds is 6. The molecule has 0 aromatic heterocycles. The lowest BCUT2D eigenvalue weighted by Crippen LogP contribution is -2.53. The van der Waals surface area contributed by atoms with Gasteiger partial charge in [0.15, 0.2) is 0 Å². The number of hydrogen-bond donors (Lipinski definition) is 2. The van der Waals surface area contributed by atoms with Crippen LogP contribution in [0, 0.1) is 12.7 Å². The second-order valence-electron chi connectivity index (χ2n) is 9.07. The molecule has 3 aromatic rings. The lowest BCUT2D eigenvalue weighted by atomic mass is 9.76. The Labute approximate surface area is 209 Å². The third-order valence-electron chi connectivity index (χ3n) is 5.81. The van der Waals surface area contributed by atoms with E-state index < -0.39 is 46.9 Å². The molecule has 0 fully saturated rings. The molecule has 0 aliphatic rings. The van der Waals surface area contributed by atoms with E-state index in [1.165, 1.54) is 19.1 Å². The maximum Gasteiger partial charge on any atom is 0.416 e. The van der Waals surface area contributed by atoms with Crippen LogP contribution in [0.5, 0.6) is 0 Å². The van der Waals surface area contributed by atoms with Gasteiger partial charge < -0.3 is 10.6 Å². The third-order valence-corrected chi connectivity index (χ3v) is 5.81. The van der Waals surface area contributed by atoms with Crippen LogP contribution in [-0.4, -0.2) is 12.1 Å². The molecule has 0 bridgehead atoms. The van der Waals surface area contributed by atoms with Crippen molar-refractivity contribution in [2.45, 2.75) is 51.1 Å². The zero-order valence-corrected chi connectivity index (χ0v) is 20.2. The molecule has 2 N–H and O–H groups in total. The van der Waals surface area contributed by atoms with Gasteiger partial charge >= 0.3 is 18.4 Å². The van der Waals surface area contributed by atoms with Gasteiger partial charge in [0.25, 0.3) is 0 Å². The molecule has 0 unspecified atom stereocenters. The number of urea groups is 1. The number of nitrogens with one attached hydrogen (secondary N) is 2. The third kappa shape index (κ3) is 6.61. The number of benzene rings is 3. The van der Waals surface area contributed by atoms with Gasteiger partial charge in [-0.1, -0.05) is 42.5 Å². The van der Waals surface area contributed by atoms with E-state index in [2.05, 4.69) is 10.6 Å². The molecule has 0 saturated heterocycles. The number of carbonyl (C=O) groups is 1. The molecule has 10 heteroatoms. The summed E-state index contributed by atoms with van der Waals surface area (Å²) in [6, 6.07) is 11.9. The van der Waals surface area contributed by atoms with Crippen LogP contribution in [-0.2, 0) is 24.3 Å². The smallest absolute Gasteiger partial charge is 0.336 e. The summed E-state index contributed by atoms with van der Waals surface area (Å²) in [5, 5.41) is 5.15. The second kappa shape index (κ2) is 10.4. The van der Waals surface area contributed by atoms with Crippen molar-refractivity contribution in [3.05, 3.63) is 106 Å². The first-order chi connectivity index (χ1) is 17.1. The molecule has 0 aliphatic carbocycles. The van der Waals surface area contributed by atoms with Crippen molar-refractivity contribution in [2.24, 2.45) is 0 Å². The fourth-order valence-corrected chi connectivity index (χ4v) is 4.15. The average molecular weight is 526 g/mol. The highest BCUT2D eigenvalue weighted by atomic mass is 19.4. The molecule has 198 valence electrons. The molecule has 0 radical (unpaired) electrons. The number of halogens is 7. The van der Waals surface area contributed by atoms with Crippen LogP contribution in [0.4, 0.5) is 35.5 Å². The molecule has 0 spiro atoms. The zero-order chi connectivity index (χ0) is 27.6. The van der Waals surface area contributed by atoms with E-state index in [4.69, 9.17) is 0 Å². The quantitative estimate of drug-likeness (QED) is 0.324. The predicted molar refractivity (Wildman–Crippen MR) is 125 cm³/mol. The Morgan fingerprint density at radius 2 is 1.43 bits per heavy atom. The lowest BCUT2D eigenvalue weighted by Gasteiger charge is -2.37. The zero-order valence-electron chi connectivity index (χ0n) is 20.2. The summed E-state index contributed by atoms with van der Waals surface area (Å²) in [6.07, 6.45) is -9.99. The van der Waals surface area contributed by atoms with E-state index in [-0.39, 0.29) is 23.1 Å². The van der Waals surface area contributed by atoms with Crippen molar-refractivity contribution in [1.82, 2.24) is 10.6 Å². The van der Waals surface area contributed by atoms with Gasteiger partial charge in [0.1, 0.15) is 5.82 Å². The van der Waals surface area contributed by atoms with Gasteiger partial charge in [0, 0.05) is 12.5 Å². The molecule has 2 amide bonds. The first-order valence-corrected chi connectivity index (χ1v) is 11.3. The van der Waals surface area contributed by atoms with E-state index in [0.717, 1.165) is 12.1 Å². The molecule has 0 aliphatic heterocycles. The Balaban J connectivity index is 2.40. The van der Waals surface area contributed by atoms with Crippen LogP contribution in [0.25, 0.3) is 0 Å². The summed E-state index contributed by atoms with van der Waals surface area (Å²) >= 11 is 0. The van der Waals surface area contributed by atoms with Crippen molar-refractivity contribution in [3.8, 4) is 0 Å².